The van der Waals surface area contributed by atoms with Crippen LogP contribution >= 0.6 is 0 Å². The van der Waals surface area contributed by atoms with E-state index in [1.807, 2.05) is 31.2 Å². The van der Waals surface area contributed by atoms with Crippen LogP contribution in [0.5, 0.6) is 5.75 Å². The molecule has 1 aromatic carbocycles. The molecule has 1 aromatic rings. The van der Waals surface area contributed by atoms with E-state index in [4.69, 9.17) is 4.74 Å². The summed E-state index contributed by atoms with van der Waals surface area (Å²) in [4.78, 5) is 4.44. The lowest BCUT2D eigenvalue weighted by Crippen LogP contribution is -2.38. The van der Waals surface area contributed by atoms with Crippen LogP contribution in [0.15, 0.2) is 29.3 Å². The third kappa shape index (κ3) is 6.80. The molecular weight excluding hydrogens is 278 g/mol. The van der Waals surface area contributed by atoms with Gasteiger partial charge in [0.1, 0.15) is 5.75 Å². The standard InChI is InChI=1S/C17H29N3O2/c1-5-18-17(19-11-10-13(2)3)20-12-16(21)14-6-8-15(22-4)9-7-14/h6-9,13,16,21H,5,10-12H2,1-4H3,(H2,18,19,20). The quantitative estimate of drug-likeness (QED) is 0.509. The monoisotopic (exact) mass is 307 g/mol. The number of guanidine groups is 1. The van der Waals surface area contributed by atoms with Gasteiger partial charge in [-0.15, -0.1) is 0 Å². The summed E-state index contributed by atoms with van der Waals surface area (Å²) in [7, 11) is 1.63. The Balaban J connectivity index is 2.55. The maximum absolute atomic E-state index is 10.2. The molecule has 0 aliphatic rings. The molecule has 5 nitrogen and oxygen atoms in total. The first kappa shape index (κ1) is 18.3. The van der Waals surface area contributed by atoms with Crippen molar-refractivity contribution in [3.8, 4) is 5.75 Å². The second-order valence-electron chi connectivity index (χ2n) is 5.62. The summed E-state index contributed by atoms with van der Waals surface area (Å²) in [6, 6.07) is 7.40. The van der Waals surface area contributed by atoms with E-state index in [2.05, 4.69) is 29.5 Å². The molecule has 0 aliphatic carbocycles. The van der Waals surface area contributed by atoms with Crippen molar-refractivity contribution >= 4 is 5.96 Å². The van der Waals surface area contributed by atoms with Gasteiger partial charge in [-0.3, -0.25) is 4.99 Å². The number of hydrogen-bond donors (Lipinski definition) is 3. The van der Waals surface area contributed by atoms with Gasteiger partial charge in [-0.1, -0.05) is 26.0 Å². The van der Waals surface area contributed by atoms with Crippen LogP contribution in [0.3, 0.4) is 0 Å². The van der Waals surface area contributed by atoms with Crippen molar-refractivity contribution < 1.29 is 9.84 Å². The number of aliphatic hydroxyl groups is 1. The van der Waals surface area contributed by atoms with Crippen molar-refractivity contribution in [3.63, 3.8) is 0 Å². The highest BCUT2D eigenvalue weighted by molar-refractivity contribution is 5.79. The highest BCUT2D eigenvalue weighted by Crippen LogP contribution is 2.17. The molecule has 0 heterocycles. The third-order valence-electron chi connectivity index (χ3n) is 3.28. The minimum atomic E-state index is -0.619. The molecule has 0 spiro atoms. The topological polar surface area (TPSA) is 65.9 Å². The van der Waals surface area contributed by atoms with Gasteiger partial charge in [0.05, 0.1) is 19.8 Å². The van der Waals surface area contributed by atoms with Gasteiger partial charge in [-0.25, -0.2) is 0 Å². The summed E-state index contributed by atoms with van der Waals surface area (Å²) in [5.74, 6) is 2.18. The van der Waals surface area contributed by atoms with Crippen LogP contribution in [0.1, 0.15) is 38.9 Å². The Kier molecular flexibility index (Phi) is 8.36. The first-order chi connectivity index (χ1) is 10.6. The number of aliphatic hydroxyl groups excluding tert-OH is 1. The van der Waals surface area contributed by atoms with E-state index in [-0.39, 0.29) is 0 Å². The molecule has 0 bridgehead atoms. The smallest absolute Gasteiger partial charge is 0.191 e. The summed E-state index contributed by atoms with van der Waals surface area (Å²) < 4.78 is 5.11. The molecule has 5 heteroatoms. The summed E-state index contributed by atoms with van der Waals surface area (Å²) >= 11 is 0. The van der Waals surface area contributed by atoms with Crippen LogP contribution in [0.25, 0.3) is 0 Å². The molecular formula is C17H29N3O2. The van der Waals surface area contributed by atoms with Crippen LogP contribution in [0, 0.1) is 5.92 Å². The van der Waals surface area contributed by atoms with Crippen molar-refractivity contribution in [2.75, 3.05) is 26.7 Å². The van der Waals surface area contributed by atoms with Gasteiger partial charge in [0.25, 0.3) is 0 Å². The van der Waals surface area contributed by atoms with E-state index < -0.39 is 6.10 Å². The molecule has 3 N–H and O–H groups in total. The van der Waals surface area contributed by atoms with E-state index in [9.17, 15) is 5.11 Å². The van der Waals surface area contributed by atoms with Crippen LogP contribution < -0.4 is 15.4 Å². The molecule has 1 atom stereocenters. The number of benzene rings is 1. The number of rotatable bonds is 8. The van der Waals surface area contributed by atoms with E-state index >= 15 is 0 Å². The van der Waals surface area contributed by atoms with Crippen LogP contribution in [-0.2, 0) is 0 Å². The van der Waals surface area contributed by atoms with Gasteiger partial charge < -0.3 is 20.5 Å². The van der Waals surface area contributed by atoms with Gasteiger partial charge in [0, 0.05) is 13.1 Å². The van der Waals surface area contributed by atoms with Crippen molar-refractivity contribution in [3.05, 3.63) is 29.8 Å². The number of methoxy groups -OCH3 is 1. The van der Waals surface area contributed by atoms with Crippen LogP contribution in [0.2, 0.25) is 0 Å². The normalized spacial score (nSPS) is 13.1. The Morgan fingerprint density at radius 1 is 1.23 bits per heavy atom. The lowest BCUT2D eigenvalue weighted by atomic mass is 10.1. The number of ether oxygens (including phenoxy) is 1. The fourth-order valence-electron chi connectivity index (χ4n) is 1.93. The van der Waals surface area contributed by atoms with Crippen molar-refractivity contribution in [1.29, 1.82) is 0 Å². The number of hydrogen-bond acceptors (Lipinski definition) is 3. The van der Waals surface area contributed by atoms with Crippen molar-refractivity contribution in [2.45, 2.75) is 33.3 Å². The number of aliphatic imine (C=N–C) groups is 1. The Morgan fingerprint density at radius 3 is 2.45 bits per heavy atom. The molecule has 22 heavy (non-hydrogen) atoms. The van der Waals surface area contributed by atoms with Gasteiger partial charge in [-0.2, -0.15) is 0 Å². The van der Waals surface area contributed by atoms with Crippen LogP contribution in [-0.4, -0.2) is 37.8 Å². The zero-order valence-electron chi connectivity index (χ0n) is 14.1. The molecule has 1 rings (SSSR count). The molecule has 124 valence electrons. The van der Waals surface area contributed by atoms with E-state index in [0.717, 1.165) is 36.8 Å². The Bertz CT molecular complexity index is 444. The SMILES string of the molecule is CCNC(=NCC(O)c1ccc(OC)cc1)NCCC(C)C. The summed E-state index contributed by atoms with van der Waals surface area (Å²) in [6.07, 6.45) is 0.470. The fraction of sp³-hybridized carbons (Fsp3) is 0.588. The highest BCUT2D eigenvalue weighted by Gasteiger charge is 2.07. The maximum atomic E-state index is 10.2. The first-order valence-electron chi connectivity index (χ1n) is 7.91. The number of nitrogens with zero attached hydrogens (tertiary/aromatic N) is 1. The first-order valence-corrected chi connectivity index (χ1v) is 7.91. The van der Waals surface area contributed by atoms with Gasteiger partial charge in [-0.05, 0) is 37.0 Å². The lowest BCUT2D eigenvalue weighted by molar-refractivity contribution is 0.187. The maximum Gasteiger partial charge on any atom is 0.191 e. The molecule has 0 fully saturated rings. The predicted molar refractivity (Wildman–Crippen MR) is 91.4 cm³/mol. The van der Waals surface area contributed by atoms with Crippen LogP contribution in [0.4, 0.5) is 0 Å². The molecule has 0 radical (unpaired) electrons. The Hall–Kier alpha value is -1.75. The van der Waals surface area contributed by atoms with E-state index in [1.165, 1.54) is 0 Å². The summed E-state index contributed by atoms with van der Waals surface area (Å²) in [6.45, 7) is 8.41. The van der Waals surface area contributed by atoms with Crippen molar-refractivity contribution in [2.24, 2.45) is 10.9 Å². The largest absolute Gasteiger partial charge is 0.497 e. The second-order valence-corrected chi connectivity index (χ2v) is 5.62. The Labute approximate surface area is 133 Å². The molecule has 0 aliphatic heterocycles. The summed E-state index contributed by atoms with van der Waals surface area (Å²) in [5.41, 5.74) is 0.836. The predicted octanol–water partition coefficient (Wildman–Crippen LogP) is 2.33. The third-order valence-corrected chi connectivity index (χ3v) is 3.28. The van der Waals surface area contributed by atoms with Gasteiger partial charge in [0.15, 0.2) is 5.96 Å². The van der Waals surface area contributed by atoms with Gasteiger partial charge >= 0.3 is 0 Å². The zero-order valence-corrected chi connectivity index (χ0v) is 14.1. The average molecular weight is 307 g/mol. The molecule has 0 saturated heterocycles. The molecule has 0 aromatic heterocycles. The second kappa shape index (κ2) is 10.1. The molecule has 0 saturated carbocycles. The van der Waals surface area contributed by atoms with Gasteiger partial charge in [0.2, 0.25) is 0 Å². The Morgan fingerprint density at radius 2 is 1.91 bits per heavy atom. The highest BCUT2D eigenvalue weighted by atomic mass is 16.5. The fourth-order valence-corrected chi connectivity index (χ4v) is 1.93. The average Bonchev–Trinajstić information content (AvgIpc) is 2.52. The van der Waals surface area contributed by atoms with Crippen molar-refractivity contribution in [1.82, 2.24) is 10.6 Å². The zero-order chi connectivity index (χ0) is 16.4. The lowest BCUT2D eigenvalue weighted by Gasteiger charge is -2.14. The van der Waals surface area contributed by atoms with E-state index in [0.29, 0.717) is 12.5 Å². The summed E-state index contributed by atoms with van der Waals surface area (Å²) in [5, 5.41) is 16.7. The number of nitrogens with one attached hydrogen (secondary N) is 2. The molecule has 0 amide bonds. The minimum absolute atomic E-state index is 0.323. The van der Waals surface area contributed by atoms with E-state index in [1.54, 1.807) is 7.11 Å². The molecule has 1 unspecified atom stereocenters. The minimum Gasteiger partial charge on any atom is -0.497 e.